The van der Waals surface area contributed by atoms with E-state index in [2.05, 4.69) is 10.1 Å². The second-order valence-electron chi connectivity index (χ2n) is 7.34. The molecule has 0 saturated heterocycles. The molecule has 5 rings (SSSR count). The molecule has 4 heterocycles. The first-order chi connectivity index (χ1) is 15.6. The van der Waals surface area contributed by atoms with Gasteiger partial charge in [-0.2, -0.15) is 5.10 Å². The molecule has 0 N–H and O–H groups in total. The zero-order valence-corrected chi connectivity index (χ0v) is 16.6. The predicted octanol–water partition coefficient (Wildman–Crippen LogP) is 2.77. The van der Waals surface area contributed by atoms with Crippen molar-refractivity contribution in [1.82, 2.24) is 24.2 Å². The molecule has 0 saturated carbocycles. The van der Waals surface area contributed by atoms with E-state index >= 15 is 8.78 Å². The van der Waals surface area contributed by atoms with Crippen LogP contribution in [0.3, 0.4) is 0 Å². The fourth-order valence-electron chi connectivity index (χ4n) is 3.73. The smallest absolute Gasteiger partial charge is 0.278 e. The fourth-order valence-corrected chi connectivity index (χ4v) is 3.73. The summed E-state index contributed by atoms with van der Waals surface area (Å²) in [6, 6.07) is 5.13. The zero-order valence-electron chi connectivity index (χ0n) is 18.6. The van der Waals surface area contributed by atoms with Gasteiger partial charge < -0.3 is 9.47 Å². The van der Waals surface area contributed by atoms with Crippen molar-refractivity contribution in [3.63, 3.8) is 0 Å². The lowest BCUT2D eigenvalue weighted by molar-refractivity contribution is 0.0763. The number of halogens is 2. The van der Waals surface area contributed by atoms with Gasteiger partial charge in [0.15, 0.2) is 5.52 Å². The molecule has 0 spiro atoms. The second-order valence-corrected chi connectivity index (χ2v) is 7.34. The highest BCUT2D eigenvalue weighted by molar-refractivity contribution is 5.97. The van der Waals surface area contributed by atoms with Gasteiger partial charge in [0.25, 0.3) is 11.5 Å². The highest BCUT2D eigenvalue weighted by atomic mass is 19.1. The number of amides is 1. The Morgan fingerprint density at radius 2 is 1.87 bits per heavy atom. The number of aromatic nitrogens is 4. The first kappa shape index (κ1) is 16.9. The van der Waals surface area contributed by atoms with Gasteiger partial charge in [-0.25, -0.2) is 8.78 Å². The first-order valence-electron chi connectivity index (χ1n) is 10.4. The number of aryl methyl sites for hydroxylation is 2. The molecule has 0 aliphatic carbocycles. The zero-order chi connectivity index (χ0) is 23.7. The Labute approximate surface area is 178 Å². The molecule has 156 valence electrons. The quantitative estimate of drug-likeness (QED) is 0.508. The van der Waals surface area contributed by atoms with Crippen LogP contribution in [0.2, 0.25) is 0 Å². The summed E-state index contributed by atoms with van der Waals surface area (Å²) in [5.74, 6) is -2.58. The Balaban J connectivity index is 1.58. The molecule has 1 amide bonds. The lowest BCUT2D eigenvalue weighted by Gasteiger charge is -2.17. The van der Waals surface area contributed by atoms with Crippen LogP contribution in [0.4, 0.5) is 8.78 Å². The van der Waals surface area contributed by atoms with Crippen LogP contribution in [-0.4, -0.2) is 30.1 Å². The first-order valence-corrected chi connectivity index (χ1v) is 9.38. The molecule has 0 fully saturated rings. The number of carbonyl (C=O) groups excluding carboxylic acids is 1. The average molecular weight is 423 g/mol. The fraction of sp³-hybridized carbons (Fsp3) is 0.182. The Morgan fingerprint density at radius 3 is 2.58 bits per heavy atom. The lowest BCUT2D eigenvalue weighted by Crippen LogP contribution is -2.24. The van der Waals surface area contributed by atoms with E-state index in [-0.39, 0.29) is 27.9 Å². The van der Waals surface area contributed by atoms with Crippen LogP contribution in [-0.2, 0) is 27.1 Å². The highest BCUT2D eigenvalue weighted by Gasteiger charge is 2.29. The van der Waals surface area contributed by atoms with E-state index < -0.39 is 36.1 Å². The number of hydrogen-bond donors (Lipinski definition) is 0. The third kappa shape index (κ3) is 3.00. The maximum atomic E-state index is 15.1. The van der Waals surface area contributed by atoms with E-state index in [9.17, 15) is 9.59 Å². The van der Waals surface area contributed by atoms with Crippen LogP contribution in [0.5, 0.6) is 0 Å². The van der Waals surface area contributed by atoms with E-state index in [1.54, 1.807) is 13.2 Å². The Morgan fingerprint density at radius 1 is 1.13 bits per heavy atom. The normalized spacial score (nSPS) is 15.9. The van der Waals surface area contributed by atoms with Crippen molar-refractivity contribution in [3.05, 3.63) is 81.7 Å². The third-order valence-corrected chi connectivity index (χ3v) is 5.26. The summed E-state index contributed by atoms with van der Waals surface area (Å²) >= 11 is 0. The molecular formula is C22H17F2N5O2. The number of fused-ring (bicyclic) bond motifs is 2. The number of pyridine rings is 2. The van der Waals surface area contributed by atoms with Crippen molar-refractivity contribution in [2.45, 2.75) is 13.0 Å². The summed E-state index contributed by atoms with van der Waals surface area (Å²) in [4.78, 5) is 29.8. The van der Waals surface area contributed by atoms with Crippen LogP contribution in [0.1, 0.15) is 24.4 Å². The van der Waals surface area contributed by atoms with Gasteiger partial charge in [0, 0.05) is 49.2 Å². The molecule has 0 unspecified atom stereocenters. The molecule has 0 atom stereocenters. The van der Waals surface area contributed by atoms with E-state index in [1.165, 1.54) is 40.8 Å². The second kappa shape index (κ2) is 6.83. The molecule has 1 aliphatic heterocycles. The summed E-state index contributed by atoms with van der Waals surface area (Å²) in [6.07, 6.45) is 4.43. The maximum absolute atomic E-state index is 15.1. The van der Waals surface area contributed by atoms with Gasteiger partial charge in [-0.05, 0) is 29.8 Å². The Hall–Kier alpha value is -3.88. The summed E-state index contributed by atoms with van der Waals surface area (Å²) in [7, 11) is 3.16. The van der Waals surface area contributed by atoms with Gasteiger partial charge in [-0.3, -0.25) is 19.3 Å². The van der Waals surface area contributed by atoms with Crippen molar-refractivity contribution < 1.29 is 16.3 Å². The van der Waals surface area contributed by atoms with Gasteiger partial charge in [0.2, 0.25) is 0 Å². The standard InChI is InChI=1S/C22H17F2N5O2/c1-27-8-14(15-9-28(2)26-20(15)22(27)31)12-6-17(23)16(18(24)7-12)10-29-11-19-13(21(29)30)4-3-5-25-19/h3-9H,10-11H2,1-2H3/i11D2. The van der Waals surface area contributed by atoms with Gasteiger partial charge >= 0.3 is 0 Å². The van der Waals surface area contributed by atoms with Crippen molar-refractivity contribution >= 4 is 16.8 Å². The maximum Gasteiger partial charge on any atom is 0.278 e. The largest absolute Gasteiger partial charge is 0.328 e. The minimum atomic E-state index is -2.31. The van der Waals surface area contributed by atoms with Crippen LogP contribution in [0, 0.1) is 11.6 Å². The molecule has 0 bridgehead atoms. The monoisotopic (exact) mass is 423 g/mol. The van der Waals surface area contributed by atoms with E-state index in [0.29, 0.717) is 10.9 Å². The van der Waals surface area contributed by atoms with Crippen molar-refractivity contribution in [3.8, 4) is 11.1 Å². The minimum absolute atomic E-state index is 0.0594. The number of rotatable bonds is 3. The minimum Gasteiger partial charge on any atom is -0.328 e. The highest BCUT2D eigenvalue weighted by Crippen LogP contribution is 2.31. The molecule has 1 aliphatic rings. The van der Waals surface area contributed by atoms with E-state index in [1.807, 2.05) is 0 Å². The average Bonchev–Trinajstić information content (AvgIpc) is 3.24. The molecule has 1 aromatic carbocycles. The molecule has 3 aromatic heterocycles. The molecular weight excluding hydrogens is 404 g/mol. The number of carbonyl (C=O) groups is 1. The van der Waals surface area contributed by atoms with Crippen molar-refractivity contribution in [1.29, 1.82) is 0 Å². The molecule has 4 aromatic rings. The topological polar surface area (TPSA) is 73.0 Å². The van der Waals surface area contributed by atoms with Gasteiger partial charge in [-0.15, -0.1) is 0 Å². The Bertz CT molecular complexity index is 1510. The van der Waals surface area contributed by atoms with E-state index in [0.717, 1.165) is 17.0 Å². The van der Waals surface area contributed by atoms with Crippen LogP contribution >= 0.6 is 0 Å². The van der Waals surface area contributed by atoms with Gasteiger partial charge in [0.05, 0.1) is 27.0 Å². The number of hydrogen-bond acceptors (Lipinski definition) is 4. The van der Waals surface area contributed by atoms with Crippen LogP contribution in [0.25, 0.3) is 22.0 Å². The van der Waals surface area contributed by atoms with E-state index in [4.69, 9.17) is 2.74 Å². The van der Waals surface area contributed by atoms with Gasteiger partial charge in [0.1, 0.15) is 11.6 Å². The molecule has 0 radical (unpaired) electrons. The Kier molecular flexibility index (Phi) is 3.72. The number of nitrogens with zero attached hydrogens (tertiary/aromatic N) is 5. The molecule has 9 heteroatoms. The summed E-state index contributed by atoms with van der Waals surface area (Å²) in [6.45, 7) is -2.93. The van der Waals surface area contributed by atoms with Crippen molar-refractivity contribution in [2.75, 3.05) is 0 Å². The van der Waals surface area contributed by atoms with Crippen molar-refractivity contribution in [2.24, 2.45) is 14.1 Å². The third-order valence-electron chi connectivity index (χ3n) is 5.26. The van der Waals surface area contributed by atoms with Gasteiger partial charge in [-0.1, -0.05) is 0 Å². The molecule has 7 nitrogen and oxygen atoms in total. The summed E-state index contributed by atoms with van der Waals surface area (Å²) < 4.78 is 49.6. The summed E-state index contributed by atoms with van der Waals surface area (Å²) in [5.41, 5.74) is -0.0491. The van der Waals surface area contributed by atoms with Crippen LogP contribution in [0.15, 0.2) is 47.7 Å². The number of benzene rings is 1. The summed E-state index contributed by atoms with van der Waals surface area (Å²) in [5, 5.41) is 4.58. The SMILES string of the molecule is [2H]C1([2H])c2ncccc2C(=O)N1Cc1c(F)cc(-c2cn(C)c(=O)c3nn(C)cc23)cc1F. The molecule has 31 heavy (non-hydrogen) atoms. The predicted molar refractivity (Wildman–Crippen MR) is 109 cm³/mol. The van der Waals surface area contributed by atoms with Crippen LogP contribution < -0.4 is 5.56 Å². The lowest BCUT2D eigenvalue weighted by atomic mass is 10.0.